The highest BCUT2D eigenvalue weighted by Crippen LogP contribution is 2.42. The molecule has 0 bridgehead atoms. The number of nitrogens with zero attached hydrogens (tertiary/aromatic N) is 3. The van der Waals surface area contributed by atoms with Gasteiger partial charge in [0.25, 0.3) is 0 Å². The topological polar surface area (TPSA) is 57.6 Å². The molecule has 1 N–H and O–H groups in total. The molecule has 3 aromatic carbocycles. The summed E-state index contributed by atoms with van der Waals surface area (Å²) in [7, 11) is 0. The molecule has 3 amide bonds. The van der Waals surface area contributed by atoms with Gasteiger partial charge < -0.3 is 14.8 Å². The van der Waals surface area contributed by atoms with Gasteiger partial charge in [-0.2, -0.15) is 0 Å². The van der Waals surface area contributed by atoms with Crippen LogP contribution >= 0.6 is 11.8 Å². The van der Waals surface area contributed by atoms with Crippen molar-refractivity contribution in [3.8, 4) is 5.69 Å². The molecule has 1 unspecified atom stereocenters. The van der Waals surface area contributed by atoms with E-state index in [1.165, 1.54) is 0 Å². The zero-order chi connectivity index (χ0) is 26.2. The van der Waals surface area contributed by atoms with E-state index in [1.807, 2.05) is 78.0 Å². The number of carbonyl (C=O) groups is 2. The lowest BCUT2D eigenvalue weighted by atomic mass is 9.96. The van der Waals surface area contributed by atoms with E-state index < -0.39 is 0 Å². The molecule has 0 spiro atoms. The monoisotopic (exact) mass is 522 g/mol. The van der Waals surface area contributed by atoms with Crippen molar-refractivity contribution in [1.29, 1.82) is 0 Å². The number of anilines is 2. The molecule has 1 aromatic heterocycles. The smallest absolute Gasteiger partial charge is 0.316 e. The van der Waals surface area contributed by atoms with Crippen molar-refractivity contribution < 1.29 is 9.59 Å². The molecular weight excluding hydrogens is 492 g/mol. The normalized spacial score (nSPS) is 15.9. The van der Waals surface area contributed by atoms with E-state index in [1.54, 1.807) is 16.7 Å². The van der Waals surface area contributed by atoms with Crippen LogP contribution in [0.15, 0.2) is 96.0 Å². The number of carbonyl (C=O) groups excluding carboxylic acids is 2. The minimum Gasteiger partial charge on any atom is -0.316 e. The summed E-state index contributed by atoms with van der Waals surface area (Å²) in [5, 5.41) is 3.01. The van der Waals surface area contributed by atoms with Gasteiger partial charge >= 0.3 is 6.03 Å². The summed E-state index contributed by atoms with van der Waals surface area (Å²) < 4.78 is 2.16. The van der Waals surface area contributed by atoms with Crippen molar-refractivity contribution in [2.24, 2.45) is 0 Å². The molecular formula is C31H30N4O2S. The molecule has 1 aliphatic heterocycles. The standard InChI is InChI=1S/C31H30N4O2S/c1-21-7-5-8-22(19-21)30-28-11-6-18-33(28)26-9-3-4-10-27(26)35(30)29(36)20-34(24-14-15-24)31(37)32-23-12-16-25(38-2)17-13-23/h3-13,16-19,24,30H,14-15,20H2,1-2H3,(H,32,37). The van der Waals surface area contributed by atoms with E-state index in [4.69, 9.17) is 0 Å². The van der Waals surface area contributed by atoms with Crippen molar-refractivity contribution in [2.75, 3.05) is 23.0 Å². The quantitative estimate of drug-likeness (QED) is 0.289. The average Bonchev–Trinajstić information content (AvgIpc) is 3.66. The molecule has 6 nitrogen and oxygen atoms in total. The fourth-order valence-electron chi connectivity index (χ4n) is 5.26. The van der Waals surface area contributed by atoms with Crippen LogP contribution in [0.3, 0.4) is 0 Å². The highest BCUT2D eigenvalue weighted by molar-refractivity contribution is 7.98. The van der Waals surface area contributed by atoms with Gasteiger partial charge in [-0.05, 0) is 80.1 Å². The van der Waals surface area contributed by atoms with Crippen LogP contribution in [0.25, 0.3) is 5.69 Å². The highest BCUT2D eigenvalue weighted by Gasteiger charge is 2.40. The number of fused-ring (bicyclic) bond motifs is 3. The van der Waals surface area contributed by atoms with Crippen molar-refractivity contribution in [2.45, 2.75) is 36.7 Å². The first kappa shape index (κ1) is 24.4. The Morgan fingerprint density at radius 2 is 1.71 bits per heavy atom. The zero-order valence-electron chi connectivity index (χ0n) is 21.5. The van der Waals surface area contributed by atoms with Gasteiger partial charge in [-0.15, -0.1) is 11.8 Å². The van der Waals surface area contributed by atoms with Crippen molar-refractivity contribution >= 4 is 35.1 Å². The third-order valence-electron chi connectivity index (χ3n) is 7.24. The van der Waals surface area contributed by atoms with Crippen molar-refractivity contribution in [3.63, 3.8) is 0 Å². The summed E-state index contributed by atoms with van der Waals surface area (Å²) >= 11 is 1.66. The Kier molecular flexibility index (Phi) is 6.45. The molecule has 1 fully saturated rings. The Hall–Kier alpha value is -3.97. The lowest BCUT2D eigenvalue weighted by molar-refractivity contribution is -0.119. The van der Waals surface area contributed by atoms with Crippen LogP contribution in [-0.2, 0) is 4.79 Å². The maximum absolute atomic E-state index is 14.2. The molecule has 0 saturated heterocycles. The van der Waals surface area contributed by atoms with E-state index in [0.29, 0.717) is 0 Å². The number of nitrogens with one attached hydrogen (secondary N) is 1. The Labute approximate surface area is 227 Å². The van der Waals surface area contributed by atoms with Crippen LogP contribution in [0.5, 0.6) is 0 Å². The highest BCUT2D eigenvalue weighted by atomic mass is 32.2. The summed E-state index contributed by atoms with van der Waals surface area (Å²) in [6.45, 7) is 2.08. The first-order chi connectivity index (χ1) is 18.5. The van der Waals surface area contributed by atoms with Crippen molar-refractivity contribution in [1.82, 2.24) is 9.47 Å². The second kappa shape index (κ2) is 10.1. The predicted molar refractivity (Wildman–Crippen MR) is 153 cm³/mol. The number of urea groups is 1. The number of aryl methyl sites for hydroxylation is 1. The molecule has 192 valence electrons. The average molecular weight is 523 g/mol. The third kappa shape index (κ3) is 4.58. The minimum atomic E-state index is -0.296. The lowest BCUT2D eigenvalue weighted by Crippen LogP contribution is -2.48. The molecule has 6 rings (SSSR count). The second-order valence-electron chi connectivity index (χ2n) is 9.89. The number of hydrogen-bond acceptors (Lipinski definition) is 3. The number of hydrogen-bond donors (Lipinski definition) is 1. The minimum absolute atomic E-state index is 0.0107. The largest absolute Gasteiger partial charge is 0.322 e. The first-order valence-electron chi connectivity index (χ1n) is 12.9. The Balaban J connectivity index is 1.34. The maximum Gasteiger partial charge on any atom is 0.322 e. The summed E-state index contributed by atoms with van der Waals surface area (Å²) in [4.78, 5) is 32.4. The van der Waals surface area contributed by atoms with Crippen LogP contribution in [0.4, 0.5) is 16.2 Å². The fraction of sp³-hybridized carbons (Fsp3) is 0.226. The van der Waals surface area contributed by atoms with Gasteiger partial charge in [0.05, 0.1) is 17.1 Å². The van der Waals surface area contributed by atoms with Crippen LogP contribution in [0.1, 0.15) is 35.7 Å². The van der Waals surface area contributed by atoms with Crippen LogP contribution in [-0.4, -0.2) is 40.2 Å². The number of aromatic nitrogens is 1. The van der Waals surface area contributed by atoms with Gasteiger partial charge in [0.15, 0.2) is 0 Å². The SMILES string of the molecule is CSc1ccc(NC(=O)N(CC(=O)N2c3ccccc3-n3cccc3C2c2cccc(C)c2)C2CC2)cc1. The van der Waals surface area contributed by atoms with Gasteiger partial charge in [-0.3, -0.25) is 9.69 Å². The van der Waals surface area contributed by atoms with E-state index in [0.717, 1.165) is 51.6 Å². The molecule has 7 heteroatoms. The van der Waals surface area contributed by atoms with E-state index in [9.17, 15) is 9.59 Å². The Bertz CT molecular complexity index is 1490. The lowest BCUT2D eigenvalue weighted by Gasteiger charge is -2.39. The molecule has 1 atom stereocenters. The maximum atomic E-state index is 14.2. The van der Waals surface area contributed by atoms with Gasteiger partial charge in [-0.25, -0.2) is 4.79 Å². The second-order valence-corrected chi connectivity index (χ2v) is 10.8. The summed E-state index contributed by atoms with van der Waals surface area (Å²) in [5.41, 5.74) is 5.74. The van der Waals surface area contributed by atoms with Gasteiger partial charge in [-0.1, -0.05) is 42.0 Å². The van der Waals surface area contributed by atoms with Gasteiger partial charge in [0.1, 0.15) is 12.6 Å². The summed E-state index contributed by atoms with van der Waals surface area (Å²) in [5.74, 6) is -0.101. The van der Waals surface area contributed by atoms with Crippen molar-refractivity contribution in [3.05, 3.63) is 108 Å². The molecule has 1 aliphatic carbocycles. The number of benzene rings is 3. The molecule has 2 heterocycles. The van der Waals surface area contributed by atoms with Gasteiger partial charge in [0, 0.05) is 22.8 Å². The number of para-hydroxylation sites is 2. The number of amides is 3. The first-order valence-corrected chi connectivity index (χ1v) is 14.1. The van der Waals surface area contributed by atoms with Crippen LogP contribution < -0.4 is 10.2 Å². The summed E-state index contributed by atoms with van der Waals surface area (Å²) in [6, 6.07) is 27.7. The van der Waals surface area contributed by atoms with E-state index in [-0.39, 0.29) is 30.6 Å². The Morgan fingerprint density at radius 1 is 0.947 bits per heavy atom. The van der Waals surface area contributed by atoms with Crippen LogP contribution in [0, 0.1) is 6.92 Å². The van der Waals surface area contributed by atoms with E-state index >= 15 is 0 Å². The van der Waals surface area contributed by atoms with Gasteiger partial charge in [0.2, 0.25) is 5.91 Å². The number of thioether (sulfide) groups is 1. The van der Waals surface area contributed by atoms with Crippen LogP contribution in [0.2, 0.25) is 0 Å². The molecule has 2 aliphatic rings. The Morgan fingerprint density at radius 3 is 2.42 bits per heavy atom. The molecule has 1 saturated carbocycles. The summed E-state index contributed by atoms with van der Waals surface area (Å²) in [6.07, 6.45) is 5.89. The molecule has 4 aromatic rings. The number of rotatable bonds is 6. The molecule has 38 heavy (non-hydrogen) atoms. The molecule has 0 radical (unpaired) electrons. The zero-order valence-corrected chi connectivity index (χ0v) is 22.3. The predicted octanol–water partition coefficient (Wildman–Crippen LogP) is 6.64. The fourth-order valence-corrected chi connectivity index (χ4v) is 5.67. The third-order valence-corrected chi connectivity index (χ3v) is 7.98. The van der Waals surface area contributed by atoms with E-state index in [2.05, 4.69) is 41.1 Å².